The summed E-state index contributed by atoms with van der Waals surface area (Å²) in [7, 11) is 0. The first-order chi connectivity index (χ1) is 12.0. The molecule has 2 amide bonds. The lowest BCUT2D eigenvalue weighted by Crippen LogP contribution is -2.46. The second kappa shape index (κ2) is 7.38. The molecule has 1 N–H and O–H groups in total. The Kier molecular flexibility index (Phi) is 5.02. The normalized spacial score (nSPS) is 15.0. The van der Waals surface area contributed by atoms with Gasteiger partial charge >= 0.3 is 0 Å². The molecule has 130 valence electrons. The largest absolute Gasteiger partial charge is 0.349 e. The molecule has 25 heavy (non-hydrogen) atoms. The number of piperidine rings is 1. The summed E-state index contributed by atoms with van der Waals surface area (Å²) in [6.45, 7) is 0.957. The summed E-state index contributed by atoms with van der Waals surface area (Å²) in [4.78, 5) is 30.2. The Morgan fingerprint density at radius 3 is 2.52 bits per heavy atom. The van der Waals surface area contributed by atoms with Crippen molar-refractivity contribution >= 4 is 11.8 Å². The van der Waals surface area contributed by atoms with Gasteiger partial charge in [0.1, 0.15) is 17.3 Å². The number of nitrogens with one attached hydrogen (secondary N) is 1. The zero-order chi connectivity index (χ0) is 17.8. The number of halogens is 2. The third kappa shape index (κ3) is 3.99. The number of benzene rings is 1. The van der Waals surface area contributed by atoms with Gasteiger partial charge in [-0.3, -0.25) is 14.6 Å². The lowest BCUT2D eigenvalue weighted by atomic mass is 10.0. The van der Waals surface area contributed by atoms with E-state index >= 15 is 0 Å². The molecular formula is C18H17F2N3O2. The quantitative estimate of drug-likeness (QED) is 0.929. The van der Waals surface area contributed by atoms with Crippen LogP contribution in [0.2, 0.25) is 0 Å². The Bertz CT molecular complexity index is 775. The molecule has 0 atom stereocenters. The van der Waals surface area contributed by atoms with Gasteiger partial charge in [-0.25, -0.2) is 8.78 Å². The van der Waals surface area contributed by atoms with Gasteiger partial charge in [0.15, 0.2) is 0 Å². The number of hydrogen-bond acceptors (Lipinski definition) is 3. The molecule has 2 aromatic rings. The molecule has 0 aliphatic carbocycles. The van der Waals surface area contributed by atoms with Crippen molar-refractivity contribution in [2.24, 2.45) is 0 Å². The lowest BCUT2D eigenvalue weighted by molar-refractivity contribution is 0.0692. The third-order valence-corrected chi connectivity index (χ3v) is 4.18. The van der Waals surface area contributed by atoms with Crippen molar-refractivity contribution in [2.45, 2.75) is 18.9 Å². The summed E-state index contributed by atoms with van der Waals surface area (Å²) in [6, 6.07) is 7.85. The Hall–Kier alpha value is -2.83. The SMILES string of the molecule is O=C(NC1CCN(C(=O)c2ccccn2)CC1)c1ccc(F)cc1F. The molecule has 3 rings (SSSR count). The summed E-state index contributed by atoms with van der Waals surface area (Å²) in [5, 5.41) is 2.74. The maximum atomic E-state index is 13.7. The molecule has 0 bridgehead atoms. The number of hydrogen-bond donors (Lipinski definition) is 1. The third-order valence-electron chi connectivity index (χ3n) is 4.18. The van der Waals surface area contributed by atoms with Crippen LogP contribution in [0.15, 0.2) is 42.6 Å². The topological polar surface area (TPSA) is 62.3 Å². The van der Waals surface area contributed by atoms with Gasteiger partial charge in [-0.05, 0) is 37.1 Å². The number of rotatable bonds is 3. The van der Waals surface area contributed by atoms with E-state index in [-0.39, 0.29) is 17.5 Å². The molecule has 1 saturated heterocycles. The Labute approximate surface area is 143 Å². The highest BCUT2D eigenvalue weighted by molar-refractivity contribution is 5.95. The van der Waals surface area contributed by atoms with E-state index in [9.17, 15) is 18.4 Å². The van der Waals surface area contributed by atoms with Gasteiger partial charge < -0.3 is 10.2 Å². The van der Waals surface area contributed by atoms with Crippen molar-refractivity contribution in [3.63, 3.8) is 0 Å². The molecule has 0 spiro atoms. The van der Waals surface area contributed by atoms with E-state index < -0.39 is 17.5 Å². The first-order valence-corrected chi connectivity index (χ1v) is 8.01. The van der Waals surface area contributed by atoms with Crippen LogP contribution in [0.5, 0.6) is 0 Å². The van der Waals surface area contributed by atoms with Gasteiger partial charge in [-0.1, -0.05) is 6.07 Å². The summed E-state index contributed by atoms with van der Waals surface area (Å²) >= 11 is 0. The van der Waals surface area contributed by atoms with Crippen LogP contribution in [0, 0.1) is 11.6 Å². The average molecular weight is 345 g/mol. The van der Waals surface area contributed by atoms with E-state index in [0.717, 1.165) is 12.1 Å². The number of amides is 2. The van der Waals surface area contributed by atoms with Crippen LogP contribution in [-0.4, -0.2) is 40.8 Å². The van der Waals surface area contributed by atoms with Gasteiger partial charge in [0.25, 0.3) is 11.8 Å². The standard InChI is InChI=1S/C18H17F2N3O2/c19-12-4-5-14(15(20)11-12)17(24)22-13-6-9-23(10-7-13)18(25)16-3-1-2-8-21-16/h1-5,8,11,13H,6-7,9-10H2,(H,22,24). The average Bonchev–Trinajstić information content (AvgIpc) is 2.62. The molecule has 1 aromatic heterocycles. The van der Waals surface area contributed by atoms with E-state index in [4.69, 9.17) is 0 Å². The van der Waals surface area contributed by atoms with Crippen LogP contribution < -0.4 is 5.32 Å². The predicted molar refractivity (Wildman–Crippen MR) is 87.0 cm³/mol. The van der Waals surface area contributed by atoms with Crippen LogP contribution in [-0.2, 0) is 0 Å². The number of carbonyl (C=O) groups is 2. The van der Waals surface area contributed by atoms with Crippen LogP contribution in [0.1, 0.15) is 33.7 Å². The zero-order valence-electron chi connectivity index (χ0n) is 13.4. The maximum absolute atomic E-state index is 13.7. The number of nitrogens with zero attached hydrogens (tertiary/aromatic N) is 2. The number of carbonyl (C=O) groups excluding carboxylic acids is 2. The van der Waals surface area contributed by atoms with Gasteiger partial charge in [-0.15, -0.1) is 0 Å². The maximum Gasteiger partial charge on any atom is 0.272 e. The smallest absolute Gasteiger partial charge is 0.272 e. The van der Waals surface area contributed by atoms with Gasteiger partial charge in [0, 0.05) is 31.4 Å². The van der Waals surface area contributed by atoms with Crippen molar-refractivity contribution in [3.05, 3.63) is 65.5 Å². The van der Waals surface area contributed by atoms with E-state index in [1.54, 1.807) is 29.3 Å². The number of likely N-dealkylation sites (tertiary alicyclic amines) is 1. The fourth-order valence-corrected chi connectivity index (χ4v) is 2.81. The van der Waals surface area contributed by atoms with Gasteiger partial charge in [0.2, 0.25) is 0 Å². The van der Waals surface area contributed by atoms with Crippen LogP contribution in [0.3, 0.4) is 0 Å². The van der Waals surface area contributed by atoms with Crippen LogP contribution in [0.4, 0.5) is 8.78 Å². The first-order valence-electron chi connectivity index (χ1n) is 8.01. The molecule has 0 radical (unpaired) electrons. The molecular weight excluding hydrogens is 328 g/mol. The Morgan fingerprint density at radius 2 is 1.88 bits per heavy atom. The van der Waals surface area contributed by atoms with Gasteiger partial charge in [0.05, 0.1) is 5.56 Å². The fraction of sp³-hybridized carbons (Fsp3) is 0.278. The minimum Gasteiger partial charge on any atom is -0.349 e. The monoisotopic (exact) mass is 345 g/mol. The van der Waals surface area contributed by atoms with E-state index in [2.05, 4.69) is 10.3 Å². The molecule has 1 aliphatic heterocycles. The number of aromatic nitrogens is 1. The molecule has 0 saturated carbocycles. The minimum absolute atomic E-state index is 0.144. The lowest BCUT2D eigenvalue weighted by Gasteiger charge is -2.32. The van der Waals surface area contributed by atoms with Crippen molar-refractivity contribution in [2.75, 3.05) is 13.1 Å². The van der Waals surface area contributed by atoms with Gasteiger partial charge in [-0.2, -0.15) is 0 Å². The molecule has 0 unspecified atom stereocenters. The highest BCUT2D eigenvalue weighted by atomic mass is 19.1. The van der Waals surface area contributed by atoms with Crippen molar-refractivity contribution in [1.29, 1.82) is 0 Å². The number of pyridine rings is 1. The molecule has 1 fully saturated rings. The summed E-state index contributed by atoms with van der Waals surface area (Å²) < 4.78 is 26.6. The van der Waals surface area contributed by atoms with Crippen molar-refractivity contribution in [3.8, 4) is 0 Å². The summed E-state index contributed by atoms with van der Waals surface area (Å²) in [5.41, 5.74) is 0.201. The summed E-state index contributed by atoms with van der Waals surface area (Å²) in [6.07, 6.45) is 2.69. The second-order valence-corrected chi connectivity index (χ2v) is 5.88. The predicted octanol–water partition coefficient (Wildman–Crippen LogP) is 2.39. The second-order valence-electron chi connectivity index (χ2n) is 5.88. The Morgan fingerprint density at radius 1 is 1.12 bits per heavy atom. The Balaban J connectivity index is 1.56. The first kappa shape index (κ1) is 17.0. The van der Waals surface area contributed by atoms with Crippen LogP contribution >= 0.6 is 0 Å². The van der Waals surface area contributed by atoms with Crippen molar-refractivity contribution < 1.29 is 18.4 Å². The molecule has 1 aliphatic rings. The zero-order valence-corrected chi connectivity index (χ0v) is 13.4. The molecule has 7 heteroatoms. The molecule has 2 heterocycles. The highest BCUT2D eigenvalue weighted by Gasteiger charge is 2.26. The van der Waals surface area contributed by atoms with E-state index in [0.29, 0.717) is 37.7 Å². The fourth-order valence-electron chi connectivity index (χ4n) is 2.81. The van der Waals surface area contributed by atoms with Crippen molar-refractivity contribution in [1.82, 2.24) is 15.2 Å². The minimum atomic E-state index is -0.889. The molecule has 5 nitrogen and oxygen atoms in total. The van der Waals surface area contributed by atoms with E-state index in [1.165, 1.54) is 0 Å². The van der Waals surface area contributed by atoms with E-state index in [1.807, 2.05) is 0 Å². The molecule has 1 aromatic carbocycles. The van der Waals surface area contributed by atoms with Crippen LogP contribution in [0.25, 0.3) is 0 Å². The summed E-state index contributed by atoms with van der Waals surface area (Å²) in [5.74, 6) is -2.34. The highest BCUT2D eigenvalue weighted by Crippen LogP contribution is 2.15.